The predicted octanol–water partition coefficient (Wildman–Crippen LogP) is 7.10. The monoisotopic (exact) mass is 504 g/mol. The first-order valence-electron chi connectivity index (χ1n) is 9.37. The SMILES string of the molecule is N#C/C(=C/c1cc(Cl)c(OCc2ccc(Cl)c(Cl)c2)c(Cl)c1)C(=O)NCc1ccccc1. The summed E-state index contributed by atoms with van der Waals surface area (Å²) in [4.78, 5) is 12.4. The summed E-state index contributed by atoms with van der Waals surface area (Å²) >= 11 is 24.6. The Labute approximate surface area is 205 Å². The first-order valence-corrected chi connectivity index (χ1v) is 10.9. The van der Waals surface area contributed by atoms with E-state index < -0.39 is 5.91 Å². The third-order valence-electron chi connectivity index (χ3n) is 4.36. The average Bonchev–Trinajstić information content (AvgIpc) is 2.78. The molecule has 162 valence electrons. The van der Waals surface area contributed by atoms with Crippen molar-refractivity contribution in [3.8, 4) is 11.8 Å². The Morgan fingerprint density at radius 3 is 2.22 bits per heavy atom. The van der Waals surface area contributed by atoms with Crippen LogP contribution in [0, 0.1) is 11.3 Å². The molecule has 0 bridgehead atoms. The summed E-state index contributed by atoms with van der Waals surface area (Å²) < 4.78 is 5.74. The Morgan fingerprint density at radius 1 is 0.906 bits per heavy atom. The number of nitrogens with zero attached hydrogens (tertiary/aromatic N) is 1. The molecule has 0 spiro atoms. The van der Waals surface area contributed by atoms with E-state index in [1.54, 1.807) is 30.3 Å². The van der Waals surface area contributed by atoms with E-state index >= 15 is 0 Å². The highest BCUT2D eigenvalue weighted by Crippen LogP contribution is 2.35. The molecule has 1 N–H and O–H groups in total. The zero-order valence-corrected chi connectivity index (χ0v) is 19.6. The summed E-state index contributed by atoms with van der Waals surface area (Å²) in [6.45, 7) is 0.485. The van der Waals surface area contributed by atoms with Crippen LogP contribution in [0.1, 0.15) is 16.7 Å². The van der Waals surface area contributed by atoms with Gasteiger partial charge in [-0.3, -0.25) is 4.79 Å². The molecule has 0 radical (unpaired) electrons. The van der Waals surface area contributed by atoms with Gasteiger partial charge in [0.2, 0.25) is 0 Å². The van der Waals surface area contributed by atoms with Crippen molar-refractivity contribution in [2.75, 3.05) is 0 Å². The van der Waals surface area contributed by atoms with Crippen molar-refractivity contribution < 1.29 is 9.53 Å². The number of nitriles is 1. The Bertz CT molecular complexity index is 1180. The number of amides is 1. The van der Waals surface area contributed by atoms with Crippen LogP contribution >= 0.6 is 46.4 Å². The number of ether oxygens (including phenoxy) is 1. The predicted molar refractivity (Wildman–Crippen MR) is 129 cm³/mol. The standard InChI is InChI=1S/C24H16Cl4N2O2/c25-19-7-6-16(9-20(19)26)14-32-23-21(27)10-17(11-22(23)28)8-18(12-29)24(31)30-13-15-4-2-1-3-5-15/h1-11H,13-14H2,(H,30,31)/b18-8-. The van der Waals surface area contributed by atoms with Gasteiger partial charge in [0.15, 0.2) is 5.75 Å². The molecule has 4 nitrogen and oxygen atoms in total. The number of hydrogen-bond acceptors (Lipinski definition) is 3. The third-order valence-corrected chi connectivity index (χ3v) is 5.66. The molecule has 3 aromatic rings. The quantitative estimate of drug-likeness (QED) is 0.275. The molecule has 0 aromatic heterocycles. The topological polar surface area (TPSA) is 62.1 Å². The fourth-order valence-electron chi connectivity index (χ4n) is 2.77. The normalized spacial score (nSPS) is 11.0. The lowest BCUT2D eigenvalue weighted by molar-refractivity contribution is -0.117. The average molecular weight is 506 g/mol. The number of hydrogen-bond donors (Lipinski definition) is 1. The lowest BCUT2D eigenvalue weighted by Gasteiger charge is -2.12. The maximum absolute atomic E-state index is 12.4. The molecule has 0 saturated carbocycles. The van der Waals surface area contributed by atoms with Crippen LogP contribution in [0.3, 0.4) is 0 Å². The Balaban J connectivity index is 1.72. The molecular formula is C24H16Cl4N2O2. The van der Waals surface area contributed by atoms with Crippen LogP contribution < -0.4 is 10.1 Å². The van der Waals surface area contributed by atoms with Crippen LogP contribution in [0.2, 0.25) is 20.1 Å². The van der Waals surface area contributed by atoms with Gasteiger partial charge in [0, 0.05) is 6.54 Å². The Kier molecular flexibility index (Phi) is 8.44. The maximum Gasteiger partial charge on any atom is 0.262 e. The molecule has 8 heteroatoms. The molecule has 1 amide bonds. The molecule has 3 aromatic carbocycles. The zero-order chi connectivity index (χ0) is 23.1. The van der Waals surface area contributed by atoms with Gasteiger partial charge in [-0.15, -0.1) is 0 Å². The summed E-state index contributed by atoms with van der Waals surface area (Å²) in [6, 6.07) is 19.6. The van der Waals surface area contributed by atoms with Gasteiger partial charge in [-0.2, -0.15) is 5.26 Å². The Morgan fingerprint density at radius 2 is 1.59 bits per heavy atom. The number of nitrogens with one attached hydrogen (secondary N) is 1. The first kappa shape index (κ1) is 24.0. The zero-order valence-electron chi connectivity index (χ0n) is 16.5. The van der Waals surface area contributed by atoms with Gasteiger partial charge in [-0.1, -0.05) is 82.8 Å². The molecule has 0 saturated heterocycles. The van der Waals surface area contributed by atoms with Gasteiger partial charge in [0.25, 0.3) is 5.91 Å². The van der Waals surface area contributed by atoms with Crippen molar-refractivity contribution >= 4 is 58.4 Å². The molecule has 0 atom stereocenters. The molecule has 0 aliphatic rings. The molecule has 0 unspecified atom stereocenters. The van der Waals surface area contributed by atoms with Gasteiger partial charge in [-0.05, 0) is 47.0 Å². The van der Waals surface area contributed by atoms with Crippen LogP contribution in [-0.4, -0.2) is 5.91 Å². The van der Waals surface area contributed by atoms with Crippen molar-refractivity contribution in [2.24, 2.45) is 0 Å². The van der Waals surface area contributed by atoms with E-state index in [2.05, 4.69) is 5.32 Å². The lowest BCUT2D eigenvalue weighted by Crippen LogP contribution is -2.23. The summed E-state index contributed by atoms with van der Waals surface area (Å²) in [7, 11) is 0. The highest BCUT2D eigenvalue weighted by atomic mass is 35.5. The second-order valence-electron chi connectivity index (χ2n) is 6.69. The second kappa shape index (κ2) is 11.3. The van der Waals surface area contributed by atoms with Crippen molar-refractivity contribution in [1.29, 1.82) is 5.26 Å². The Hall–Kier alpha value is -2.68. The molecule has 0 fully saturated rings. The van der Waals surface area contributed by atoms with Crippen LogP contribution in [-0.2, 0) is 17.9 Å². The molecule has 0 heterocycles. The van der Waals surface area contributed by atoms with Gasteiger partial charge in [0.1, 0.15) is 18.2 Å². The van der Waals surface area contributed by atoms with E-state index in [-0.39, 0.29) is 28.0 Å². The molecular weight excluding hydrogens is 490 g/mol. The third kappa shape index (κ3) is 6.41. The maximum atomic E-state index is 12.4. The second-order valence-corrected chi connectivity index (χ2v) is 8.32. The number of halogens is 4. The van der Waals surface area contributed by atoms with E-state index in [0.717, 1.165) is 11.1 Å². The van der Waals surface area contributed by atoms with E-state index in [1.165, 1.54) is 6.08 Å². The number of carbonyl (C=O) groups is 1. The lowest BCUT2D eigenvalue weighted by atomic mass is 10.1. The smallest absolute Gasteiger partial charge is 0.262 e. The van der Waals surface area contributed by atoms with Gasteiger partial charge >= 0.3 is 0 Å². The van der Waals surface area contributed by atoms with Crippen LogP contribution in [0.25, 0.3) is 6.08 Å². The van der Waals surface area contributed by atoms with E-state index in [4.69, 9.17) is 51.1 Å². The number of benzene rings is 3. The van der Waals surface area contributed by atoms with E-state index in [9.17, 15) is 10.1 Å². The largest absolute Gasteiger partial charge is 0.486 e. The van der Waals surface area contributed by atoms with Crippen molar-refractivity contribution in [1.82, 2.24) is 5.32 Å². The number of rotatable bonds is 7. The van der Waals surface area contributed by atoms with Crippen molar-refractivity contribution in [3.05, 3.63) is 103 Å². The van der Waals surface area contributed by atoms with Gasteiger partial charge in [0.05, 0.1) is 20.1 Å². The fraction of sp³-hybridized carbons (Fsp3) is 0.0833. The van der Waals surface area contributed by atoms with Crippen molar-refractivity contribution in [2.45, 2.75) is 13.2 Å². The first-order chi connectivity index (χ1) is 15.4. The van der Waals surface area contributed by atoms with E-state index in [1.807, 2.05) is 36.4 Å². The van der Waals surface area contributed by atoms with Crippen LogP contribution in [0.5, 0.6) is 5.75 Å². The molecule has 3 rings (SSSR count). The number of carbonyl (C=O) groups excluding carboxylic acids is 1. The highest BCUT2D eigenvalue weighted by molar-refractivity contribution is 6.42. The minimum Gasteiger partial charge on any atom is -0.486 e. The van der Waals surface area contributed by atoms with Gasteiger partial charge < -0.3 is 10.1 Å². The minimum atomic E-state index is -0.497. The summed E-state index contributed by atoms with van der Waals surface area (Å²) in [5.74, 6) is -0.216. The van der Waals surface area contributed by atoms with Crippen molar-refractivity contribution in [3.63, 3.8) is 0 Å². The highest BCUT2D eigenvalue weighted by Gasteiger charge is 2.13. The summed E-state index contributed by atoms with van der Waals surface area (Å²) in [6.07, 6.45) is 1.42. The fourth-order valence-corrected chi connectivity index (χ4v) is 3.71. The van der Waals surface area contributed by atoms with Crippen LogP contribution in [0.4, 0.5) is 0 Å². The molecule has 0 aliphatic heterocycles. The minimum absolute atomic E-state index is 0.0717. The van der Waals surface area contributed by atoms with Gasteiger partial charge in [-0.25, -0.2) is 0 Å². The van der Waals surface area contributed by atoms with Crippen LogP contribution in [0.15, 0.2) is 66.2 Å². The molecule has 0 aliphatic carbocycles. The molecule has 32 heavy (non-hydrogen) atoms. The summed E-state index contributed by atoms with van der Waals surface area (Å²) in [5, 5.41) is 13.5. The summed E-state index contributed by atoms with van der Waals surface area (Å²) in [5.41, 5.74) is 2.14. The van der Waals surface area contributed by atoms with E-state index in [0.29, 0.717) is 22.2 Å².